The fourth-order valence-corrected chi connectivity index (χ4v) is 3.84. The summed E-state index contributed by atoms with van der Waals surface area (Å²) in [5.41, 5.74) is 1.32. The lowest BCUT2D eigenvalue weighted by Crippen LogP contribution is -2.48. The van der Waals surface area contributed by atoms with Crippen LogP contribution in [0.15, 0.2) is 34.9 Å². The van der Waals surface area contributed by atoms with Gasteiger partial charge in [0.15, 0.2) is 0 Å². The summed E-state index contributed by atoms with van der Waals surface area (Å²) in [7, 11) is 0. The van der Waals surface area contributed by atoms with Gasteiger partial charge in [0.1, 0.15) is 18.4 Å². The predicted molar refractivity (Wildman–Crippen MR) is 123 cm³/mol. The van der Waals surface area contributed by atoms with Crippen LogP contribution in [0.5, 0.6) is 0 Å². The molecular weight excluding hydrogens is 464 g/mol. The van der Waals surface area contributed by atoms with Gasteiger partial charge in [-0.25, -0.2) is 4.79 Å². The molecule has 10 nitrogen and oxygen atoms in total. The minimum absolute atomic E-state index is 0.0333. The van der Waals surface area contributed by atoms with Gasteiger partial charge in [0, 0.05) is 30.6 Å². The van der Waals surface area contributed by atoms with Crippen LogP contribution in [0.2, 0.25) is 5.02 Å². The van der Waals surface area contributed by atoms with Crippen LogP contribution in [-0.2, 0) is 20.7 Å². The maximum absolute atomic E-state index is 13.2. The molecule has 3 N–H and O–H groups in total. The predicted octanol–water partition coefficient (Wildman–Crippen LogP) is 2.13. The third kappa shape index (κ3) is 6.94. The van der Waals surface area contributed by atoms with Crippen molar-refractivity contribution in [2.75, 3.05) is 19.7 Å². The van der Waals surface area contributed by atoms with Gasteiger partial charge >= 0.3 is 6.09 Å². The van der Waals surface area contributed by atoms with E-state index in [4.69, 9.17) is 20.9 Å². The Morgan fingerprint density at radius 1 is 1.32 bits per heavy atom. The largest absolute Gasteiger partial charge is 0.447 e. The molecule has 2 heterocycles. The summed E-state index contributed by atoms with van der Waals surface area (Å²) in [5, 5.41) is 19.9. The molecule has 184 valence electrons. The van der Waals surface area contributed by atoms with Crippen LogP contribution < -0.4 is 10.6 Å². The molecule has 0 bridgehead atoms. The number of nitrogens with zero attached hydrogens (tertiary/aromatic N) is 2. The summed E-state index contributed by atoms with van der Waals surface area (Å²) >= 11 is 5.98. The van der Waals surface area contributed by atoms with E-state index in [1.807, 2.05) is 6.92 Å². The van der Waals surface area contributed by atoms with E-state index in [1.165, 1.54) is 4.90 Å². The number of rotatable bonds is 9. The first-order chi connectivity index (χ1) is 16.3. The molecule has 0 radical (unpaired) electrons. The first kappa shape index (κ1) is 25.5. The molecule has 1 saturated heterocycles. The van der Waals surface area contributed by atoms with Crippen molar-refractivity contribution in [1.29, 1.82) is 0 Å². The Hall–Kier alpha value is -3.11. The van der Waals surface area contributed by atoms with Crippen molar-refractivity contribution in [1.82, 2.24) is 20.7 Å². The number of carbonyl (C=O) groups is 3. The zero-order valence-corrected chi connectivity index (χ0v) is 19.9. The van der Waals surface area contributed by atoms with E-state index < -0.39 is 30.2 Å². The number of aryl methyl sites for hydroxylation is 1. The highest BCUT2D eigenvalue weighted by molar-refractivity contribution is 6.30. The molecule has 1 aromatic carbocycles. The van der Waals surface area contributed by atoms with Crippen molar-refractivity contribution >= 4 is 29.5 Å². The van der Waals surface area contributed by atoms with E-state index >= 15 is 0 Å². The number of benzene rings is 1. The van der Waals surface area contributed by atoms with Gasteiger partial charge in [-0.2, -0.15) is 0 Å². The van der Waals surface area contributed by atoms with Crippen molar-refractivity contribution in [3.63, 3.8) is 0 Å². The number of halogens is 1. The summed E-state index contributed by atoms with van der Waals surface area (Å²) in [6.07, 6.45) is -0.642. The maximum atomic E-state index is 13.2. The van der Waals surface area contributed by atoms with Gasteiger partial charge in [0.05, 0.1) is 24.3 Å². The Bertz CT molecular complexity index is 996. The van der Waals surface area contributed by atoms with Crippen molar-refractivity contribution in [3.05, 3.63) is 52.4 Å². The number of alkyl carbamates (subject to hydrolysis) is 1. The average Bonchev–Trinajstić information content (AvgIpc) is 3.40. The fraction of sp³-hybridized carbons (Fsp3) is 0.478. The van der Waals surface area contributed by atoms with Gasteiger partial charge in [-0.15, -0.1) is 0 Å². The molecule has 11 heteroatoms. The highest BCUT2D eigenvalue weighted by Crippen LogP contribution is 2.23. The van der Waals surface area contributed by atoms with E-state index in [0.29, 0.717) is 28.6 Å². The number of aliphatic hydroxyl groups is 1. The average molecular weight is 493 g/mol. The Kier molecular flexibility index (Phi) is 8.89. The third-order valence-corrected chi connectivity index (χ3v) is 5.65. The van der Waals surface area contributed by atoms with Crippen LogP contribution in [0.1, 0.15) is 42.8 Å². The number of carbonyl (C=O) groups excluding carboxylic acids is 3. The van der Waals surface area contributed by atoms with Crippen molar-refractivity contribution in [2.24, 2.45) is 0 Å². The third-order valence-electron chi connectivity index (χ3n) is 5.39. The second-order valence-corrected chi connectivity index (χ2v) is 8.64. The quantitative estimate of drug-likeness (QED) is 0.488. The Balaban J connectivity index is 1.70. The molecule has 34 heavy (non-hydrogen) atoms. The molecule has 1 aliphatic heterocycles. The van der Waals surface area contributed by atoms with Crippen LogP contribution >= 0.6 is 11.6 Å². The van der Waals surface area contributed by atoms with Gasteiger partial charge in [0.2, 0.25) is 11.8 Å². The van der Waals surface area contributed by atoms with Crippen LogP contribution in [0.4, 0.5) is 4.79 Å². The van der Waals surface area contributed by atoms with E-state index in [0.717, 1.165) is 6.42 Å². The van der Waals surface area contributed by atoms with E-state index in [9.17, 15) is 19.5 Å². The lowest BCUT2D eigenvalue weighted by molar-refractivity contribution is -0.138. The molecule has 0 saturated carbocycles. The fourth-order valence-electron chi connectivity index (χ4n) is 3.71. The lowest BCUT2D eigenvalue weighted by atomic mass is 10.1. The zero-order chi connectivity index (χ0) is 24.7. The molecule has 1 fully saturated rings. The summed E-state index contributed by atoms with van der Waals surface area (Å²) in [4.78, 5) is 39.3. The highest BCUT2D eigenvalue weighted by atomic mass is 35.5. The SMILES string of the molecule is CCCNC(=O)OC[C@H](NC(=O)[C@@H]1C[C@@H](O)CN1C(=O)Cc1cc(C)no1)c1ccc(Cl)cc1. The summed E-state index contributed by atoms with van der Waals surface area (Å²) in [6.45, 7) is 4.05. The molecule has 0 spiro atoms. The number of ether oxygens (including phenoxy) is 1. The molecule has 3 amide bonds. The first-order valence-electron chi connectivity index (χ1n) is 11.1. The van der Waals surface area contributed by atoms with Gasteiger partial charge in [-0.05, 0) is 31.0 Å². The molecule has 2 aromatic rings. The van der Waals surface area contributed by atoms with E-state index in [1.54, 1.807) is 37.3 Å². The number of hydrogen-bond donors (Lipinski definition) is 3. The van der Waals surface area contributed by atoms with Gasteiger partial charge < -0.3 is 29.9 Å². The van der Waals surface area contributed by atoms with Gasteiger partial charge in [0.25, 0.3) is 0 Å². The van der Waals surface area contributed by atoms with Crippen LogP contribution in [0, 0.1) is 6.92 Å². The number of aromatic nitrogens is 1. The maximum Gasteiger partial charge on any atom is 0.407 e. The lowest BCUT2D eigenvalue weighted by Gasteiger charge is -2.26. The molecule has 1 aromatic heterocycles. The number of β-amino-alcohol motifs (C(OH)–C–C–N with tert-alkyl or cyclic N) is 1. The number of amides is 3. The molecule has 3 atom stereocenters. The Morgan fingerprint density at radius 2 is 2.06 bits per heavy atom. The van der Waals surface area contributed by atoms with Crippen LogP contribution in [0.3, 0.4) is 0 Å². The summed E-state index contributed by atoms with van der Waals surface area (Å²) in [5.74, 6) is -0.434. The molecule has 3 rings (SSSR count). The molecular formula is C23H29ClN4O6. The van der Waals surface area contributed by atoms with Crippen LogP contribution in [-0.4, -0.2) is 64.9 Å². The Labute approximate surface area is 202 Å². The minimum Gasteiger partial charge on any atom is -0.447 e. The van der Waals surface area contributed by atoms with E-state index in [2.05, 4.69) is 15.8 Å². The monoisotopic (exact) mass is 492 g/mol. The number of hydrogen-bond acceptors (Lipinski definition) is 7. The van der Waals surface area contributed by atoms with Crippen LogP contribution in [0.25, 0.3) is 0 Å². The zero-order valence-electron chi connectivity index (χ0n) is 19.1. The second-order valence-electron chi connectivity index (χ2n) is 8.20. The molecule has 1 aliphatic rings. The summed E-state index contributed by atoms with van der Waals surface area (Å²) in [6, 6.07) is 6.87. The van der Waals surface area contributed by atoms with Crippen molar-refractivity contribution < 1.29 is 28.8 Å². The highest BCUT2D eigenvalue weighted by Gasteiger charge is 2.39. The van der Waals surface area contributed by atoms with Crippen molar-refractivity contribution in [2.45, 2.75) is 51.3 Å². The molecule has 0 unspecified atom stereocenters. The number of likely N-dealkylation sites (tertiary alicyclic amines) is 1. The summed E-state index contributed by atoms with van der Waals surface area (Å²) < 4.78 is 10.4. The second kappa shape index (κ2) is 11.8. The smallest absolute Gasteiger partial charge is 0.407 e. The first-order valence-corrected chi connectivity index (χ1v) is 11.5. The van der Waals surface area contributed by atoms with Gasteiger partial charge in [-0.3, -0.25) is 9.59 Å². The van der Waals surface area contributed by atoms with Gasteiger partial charge in [-0.1, -0.05) is 35.8 Å². The number of aliphatic hydroxyl groups excluding tert-OH is 1. The minimum atomic E-state index is -0.879. The Morgan fingerprint density at radius 3 is 2.71 bits per heavy atom. The van der Waals surface area contributed by atoms with Crippen molar-refractivity contribution in [3.8, 4) is 0 Å². The topological polar surface area (TPSA) is 134 Å². The molecule has 0 aliphatic carbocycles. The standard InChI is InChI=1S/C23H29ClN4O6/c1-3-8-25-23(32)33-13-19(15-4-6-16(24)7-5-15)26-22(31)20-10-17(29)12-28(20)21(30)11-18-9-14(2)27-34-18/h4-7,9,17,19-20,29H,3,8,10-13H2,1-2H3,(H,25,32)(H,26,31)/t17-,19+,20+/m1/s1. The number of nitrogens with one attached hydrogen (secondary N) is 2. The normalized spacial score (nSPS) is 18.4. The van der Waals surface area contributed by atoms with E-state index in [-0.39, 0.29) is 31.9 Å².